The maximum atomic E-state index is 14.0. The molecule has 4 heterocycles. The Bertz CT molecular complexity index is 4370. The number of rotatable bonds is 4. The standard InChI is InChI=1S/C60H30Cl4N4O4S4/c1-59(2)39-13-27(11-35-45(25(19-65)20-66)31-15-41(61)43(63)17-33(31)49(35)69)73-55(39)57-47(59)37-9-23-7-30-24(8-29(23)51(71-5)53(37)75-57)10-38-48-58(76-54(38)52(30)72-6)56-40(60(48,3)4)14-28(74-56)12-36-46(26(21-67)22-68)32-16-42(62)44(64)18-34(32)50(36)70/h7-18H,1-6H3/b35-11-,36-12-. The number of methoxy groups -OCH3 is 2. The number of thiophene rings is 4. The van der Waals surface area contributed by atoms with Crippen molar-refractivity contribution in [1.29, 1.82) is 21.0 Å². The van der Waals surface area contributed by atoms with Crippen molar-refractivity contribution in [1.82, 2.24) is 0 Å². The molecule has 4 aliphatic carbocycles. The molecule has 16 heteroatoms. The van der Waals surface area contributed by atoms with E-state index >= 15 is 0 Å². The number of benzene rings is 5. The van der Waals surface area contributed by atoms with Crippen molar-refractivity contribution in [3.63, 3.8) is 0 Å². The number of fused-ring (bicyclic) bond motifs is 14. The van der Waals surface area contributed by atoms with Crippen LogP contribution in [0.25, 0.3) is 84.5 Å². The number of allylic oxidation sites excluding steroid dienone is 6. The van der Waals surface area contributed by atoms with Crippen LogP contribution < -0.4 is 9.47 Å². The molecular formula is C60H30Cl4N4O4S4. The first-order valence-electron chi connectivity index (χ1n) is 23.3. The summed E-state index contributed by atoms with van der Waals surface area (Å²) in [7, 11) is 3.43. The molecular weight excluding hydrogens is 1110 g/mol. The van der Waals surface area contributed by atoms with Crippen LogP contribution in [0.1, 0.15) is 91.5 Å². The van der Waals surface area contributed by atoms with Crippen LogP contribution in [-0.2, 0) is 10.8 Å². The third-order valence-electron chi connectivity index (χ3n) is 15.2. The Balaban J connectivity index is 0.928. The predicted octanol–water partition coefficient (Wildman–Crippen LogP) is 18.0. The minimum atomic E-state index is -0.445. The van der Waals surface area contributed by atoms with E-state index in [1.807, 2.05) is 24.3 Å². The van der Waals surface area contributed by atoms with E-state index in [2.05, 4.69) is 64.1 Å². The first kappa shape index (κ1) is 48.6. The van der Waals surface area contributed by atoms with Crippen LogP contribution in [0.2, 0.25) is 20.1 Å². The van der Waals surface area contributed by atoms with Gasteiger partial charge in [0.2, 0.25) is 0 Å². The Hall–Kier alpha value is -7.04. The second-order valence-electron chi connectivity index (χ2n) is 19.9. The lowest BCUT2D eigenvalue weighted by Gasteiger charge is -2.21. The molecule has 0 aliphatic heterocycles. The van der Waals surface area contributed by atoms with Crippen LogP contribution in [0.15, 0.2) is 83.0 Å². The molecule has 4 aliphatic rings. The van der Waals surface area contributed by atoms with E-state index in [9.17, 15) is 30.6 Å². The van der Waals surface area contributed by atoms with Crippen molar-refractivity contribution in [2.24, 2.45) is 0 Å². The normalized spacial score (nSPS) is 16.2. The number of carbonyl (C=O) groups is 2. The van der Waals surface area contributed by atoms with Gasteiger partial charge in [-0.15, -0.1) is 45.3 Å². The van der Waals surface area contributed by atoms with Gasteiger partial charge in [0.15, 0.2) is 11.6 Å². The van der Waals surface area contributed by atoms with Gasteiger partial charge in [0.05, 0.1) is 53.5 Å². The quantitative estimate of drug-likeness (QED) is 0.0961. The number of ether oxygens (including phenoxy) is 2. The molecule has 0 atom stereocenters. The largest absolute Gasteiger partial charge is 0.495 e. The molecule has 13 rings (SSSR count). The van der Waals surface area contributed by atoms with Gasteiger partial charge in [0, 0.05) is 85.3 Å². The number of nitriles is 4. The Morgan fingerprint density at radius 2 is 0.829 bits per heavy atom. The van der Waals surface area contributed by atoms with E-state index in [0.29, 0.717) is 22.3 Å². The van der Waals surface area contributed by atoms with Crippen LogP contribution in [0.4, 0.5) is 0 Å². The second-order valence-corrected chi connectivity index (χ2v) is 25.7. The van der Waals surface area contributed by atoms with Gasteiger partial charge in [-0.3, -0.25) is 9.59 Å². The van der Waals surface area contributed by atoms with E-state index in [0.717, 1.165) is 93.6 Å². The van der Waals surface area contributed by atoms with Crippen LogP contribution in [0.5, 0.6) is 11.5 Å². The summed E-state index contributed by atoms with van der Waals surface area (Å²) in [5, 5.41) is 46.9. The lowest BCUT2D eigenvalue weighted by Crippen LogP contribution is -2.14. The molecule has 0 radical (unpaired) electrons. The SMILES string of the molecule is COc1c2cc3cc4c5c(sc4c(OC)c3cc2cc2c3c(sc12)-c1sc(/C=C2\C(=O)c4cc(Cl)c(Cl)cc4C2=C(C#N)C#N)cc1C3(C)C)-c1sc(/C=C2\C(=O)c3cc(Cl)c(Cl)cc3C2=C(C#N)C#N)cc1C5(C)C. The summed E-state index contributed by atoms with van der Waals surface area (Å²) in [5.41, 5.74) is 5.75. The highest BCUT2D eigenvalue weighted by Crippen LogP contribution is 2.63. The topological polar surface area (TPSA) is 148 Å². The molecule has 76 heavy (non-hydrogen) atoms. The number of Topliss-reactive ketones (excluding diaryl/α,β-unsaturated/α-hetero) is 2. The van der Waals surface area contributed by atoms with Gasteiger partial charge in [-0.2, -0.15) is 21.0 Å². The molecule has 8 nitrogen and oxygen atoms in total. The summed E-state index contributed by atoms with van der Waals surface area (Å²) in [5.74, 6) is 0.884. The smallest absolute Gasteiger partial charge is 0.194 e. The van der Waals surface area contributed by atoms with E-state index in [-0.39, 0.29) is 65.1 Å². The van der Waals surface area contributed by atoms with Crippen molar-refractivity contribution in [3.8, 4) is 55.3 Å². The Kier molecular flexibility index (Phi) is 10.7. The minimum Gasteiger partial charge on any atom is -0.495 e. The van der Waals surface area contributed by atoms with Crippen LogP contribution in [0, 0.1) is 45.3 Å². The van der Waals surface area contributed by atoms with E-state index in [4.69, 9.17) is 55.9 Å². The van der Waals surface area contributed by atoms with Gasteiger partial charge in [-0.1, -0.05) is 74.1 Å². The van der Waals surface area contributed by atoms with E-state index in [1.54, 1.807) is 83.9 Å². The molecule has 9 aromatic rings. The average molecular weight is 1140 g/mol. The number of ketones is 2. The van der Waals surface area contributed by atoms with Gasteiger partial charge in [-0.25, -0.2) is 0 Å². The molecule has 0 saturated heterocycles. The van der Waals surface area contributed by atoms with Crippen molar-refractivity contribution in [2.45, 2.75) is 38.5 Å². The fourth-order valence-electron chi connectivity index (χ4n) is 11.8. The Morgan fingerprint density at radius 1 is 0.487 bits per heavy atom. The third-order valence-corrected chi connectivity index (χ3v) is 21.6. The monoisotopic (exact) mass is 1140 g/mol. The van der Waals surface area contributed by atoms with Gasteiger partial charge < -0.3 is 9.47 Å². The first-order valence-corrected chi connectivity index (χ1v) is 28.1. The average Bonchev–Trinajstić information content (AvgIpc) is 4.37. The fraction of sp³-hybridized carbons (Fsp3) is 0.133. The molecule has 0 unspecified atom stereocenters. The summed E-state index contributed by atoms with van der Waals surface area (Å²) in [6, 6.07) is 27.1. The van der Waals surface area contributed by atoms with Crippen molar-refractivity contribution in [3.05, 3.63) is 157 Å². The Morgan fingerprint density at radius 3 is 1.17 bits per heavy atom. The Labute approximate surface area is 470 Å². The maximum absolute atomic E-state index is 14.0. The van der Waals surface area contributed by atoms with Crippen LogP contribution >= 0.6 is 91.8 Å². The van der Waals surface area contributed by atoms with Gasteiger partial charge in [0.1, 0.15) is 46.9 Å². The molecule has 0 fully saturated rings. The zero-order valence-corrected chi connectivity index (χ0v) is 46.8. The molecule has 0 N–H and O–H groups in total. The summed E-state index contributed by atoms with van der Waals surface area (Å²) >= 11 is 32.0. The number of halogens is 4. The number of hydrogen-bond acceptors (Lipinski definition) is 12. The molecule has 4 aromatic heterocycles. The maximum Gasteiger partial charge on any atom is 0.194 e. The fourth-order valence-corrected chi connectivity index (χ4v) is 18.3. The van der Waals surface area contributed by atoms with Crippen molar-refractivity contribution in [2.75, 3.05) is 14.2 Å². The van der Waals surface area contributed by atoms with Gasteiger partial charge in [-0.05, 0) is 117 Å². The van der Waals surface area contributed by atoms with Crippen molar-refractivity contribution >= 4 is 168 Å². The second kappa shape index (κ2) is 16.7. The van der Waals surface area contributed by atoms with E-state index < -0.39 is 10.8 Å². The molecule has 0 bridgehead atoms. The van der Waals surface area contributed by atoms with E-state index in [1.165, 1.54) is 23.3 Å². The highest BCUT2D eigenvalue weighted by atomic mass is 35.5. The zero-order chi connectivity index (χ0) is 53.3. The van der Waals surface area contributed by atoms with Gasteiger partial charge in [0.25, 0.3) is 0 Å². The summed E-state index contributed by atoms with van der Waals surface area (Å²) in [6.07, 6.45) is 3.55. The molecule has 0 spiro atoms. The minimum absolute atomic E-state index is 0.181. The van der Waals surface area contributed by atoms with Gasteiger partial charge >= 0.3 is 0 Å². The summed E-state index contributed by atoms with van der Waals surface area (Å²) in [6.45, 7) is 8.85. The first-order chi connectivity index (χ1) is 36.4. The van der Waals surface area contributed by atoms with Crippen molar-refractivity contribution < 1.29 is 19.1 Å². The molecule has 0 saturated carbocycles. The molecule has 0 amide bonds. The molecule has 366 valence electrons. The zero-order valence-electron chi connectivity index (χ0n) is 40.5. The predicted molar refractivity (Wildman–Crippen MR) is 310 cm³/mol. The highest BCUT2D eigenvalue weighted by molar-refractivity contribution is 7.28. The lowest BCUT2D eigenvalue weighted by atomic mass is 9.81. The molecule has 5 aromatic carbocycles. The number of hydrogen-bond donors (Lipinski definition) is 0. The number of carbonyl (C=O) groups excluding carboxylic acids is 2. The van der Waals surface area contributed by atoms with Crippen LogP contribution in [-0.4, -0.2) is 25.8 Å². The summed E-state index contributed by atoms with van der Waals surface area (Å²) in [4.78, 5) is 34.0. The van der Waals surface area contributed by atoms with Crippen LogP contribution in [0.3, 0.4) is 0 Å². The number of nitrogens with zero attached hydrogens (tertiary/aromatic N) is 4. The summed E-state index contributed by atoms with van der Waals surface area (Å²) < 4.78 is 14.8. The highest BCUT2D eigenvalue weighted by Gasteiger charge is 2.44. The third kappa shape index (κ3) is 6.42. The lowest BCUT2D eigenvalue weighted by molar-refractivity contribution is 0.103.